The summed E-state index contributed by atoms with van der Waals surface area (Å²) in [6.07, 6.45) is 4.53. The van der Waals surface area contributed by atoms with Gasteiger partial charge in [0.25, 0.3) is 0 Å². The number of rotatable bonds is 9. The Balaban J connectivity index is 1.63. The highest BCUT2D eigenvalue weighted by atomic mass is 16.6. The normalized spacial score (nSPS) is 15.5. The van der Waals surface area contributed by atoms with E-state index >= 15 is 0 Å². The van der Waals surface area contributed by atoms with Crippen molar-refractivity contribution in [3.63, 3.8) is 0 Å². The SMILES string of the molecule is C=CCOC1(C)CCN(c2c(C(OC)C(=O)OC)c(C)cc3nc(-c4cccc(-c5cc(C)ccc5O)c4)cn23)CC1. The van der Waals surface area contributed by atoms with Gasteiger partial charge in [-0.2, -0.15) is 0 Å². The molecule has 1 fully saturated rings. The third-order valence-electron chi connectivity index (χ3n) is 8.18. The van der Waals surface area contributed by atoms with Crippen molar-refractivity contribution in [1.82, 2.24) is 9.38 Å². The summed E-state index contributed by atoms with van der Waals surface area (Å²) >= 11 is 0. The average molecular weight is 570 g/mol. The second-order valence-corrected chi connectivity index (χ2v) is 11.2. The van der Waals surface area contributed by atoms with Crippen LogP contribution >= 0.6 is 0 Å². The molecule has 1 aliphatic rings. The van der Waals surface area contributed by atoms with E-state index in [1.165, 1.54) is 14.2 Å². The average Bonchev–Trinajstić information content (AvgIpc) is 3.42. The van der Waals surface area contributed by atoms with Crippen LogP contribution in [0.5, 0.6) is 5.75 Å². The first-order chi connectivity index (χ1) is 20.2. The summed E-state index contributed by atoms with van der Waals surface area (Å²) in [5.41, 5.74) is 6.61. The van der Waals surface area contributed by atoms with Gasteiger partial charge in [-0.1, -0.05) is 35.9 Å². The molecule has 1 unspecified atom stereocenters. The molecular weight excluding hydrogens is 530 g/mol. The van der Waals surface area contributed by atoms with Gasteiger partial charge in [0.05, 0.1) is 25.0 Å². The molecule has 1 saturated heterocycles. The fourth-order valence-corrected chi connectivity index (χ4v) is 5.79. The van der Waals surface area contributed by atoms with Crippen LogP contribution in [-0.4, -0.2) is 60.0 Å². The lowest BCUT2D eigenvalue weighted by molar-refractivity contribution is -0.152. The molecule has 0 spiro atoms. The van der Waals surface area contributed by atoms with Crippen molar-refractivity contribution in [2.45, 2.75) is 45.3 Å². The maximum atomic E-state index is 12.9. The van der Waals surface area contributed by atoms with E-state index in [1.54, 1.807) is 12.1 Å². The number of esters is 1. The number of imidazole rings is 1. The van der Waals surface area contributed by atoms with Crippen LogP contribution in [0.3, 0.4) is 0 Å². The zero-order valence-electron chi connectivity index (χ0n) is 25.0. The van der Waals surface area contributed by atoms with Crippen LogP contribution in [0.2, 0.25) is 0 Å². The van der Waals surface area contributed by atoms with Gasteiger partial charge in [-0.05, 0) is 69.0 Å². The Morgan fingerprint density at radius 3 is 2.55 bits per heavy atom. The number of ether oxygens (including phenoxy) is 3. The van der Waals surface area contributed by atoms with Crippen LogP contribution < -0.4 is 4.90 Å². The number of methoxy groups -OCH3 is 2. The summed E-state index contributed by atoms with van der Waals surface area (Å²) in [5.74, 6) is 0.639. The number of benzene rings is 2. The fourth-order valence-electron chi connectivity index (χ4n) is 5.79. The minimum absolute atomic E-state index is 0.234. The van der Waals surface area contributed by atoms with Crippen LogP contribution in [0, 0.1) is 13.8 Å². The predicted octanol–water partition coefficient (Wildman–Crippen LogP) is 6.41. The number of aromatic hydroxyl groups is 1. The van der Waals surface area contributed by atoms with Crippen molar-refractivity contribution in [3.05, 3.63) is 84.1 Å². The van der Waals surface area contributed by atoms with Crippen LogP contribution in [0.15, 0.2) is 67.4 Å². The van der Waals surface area contributed by atoms with E-state index in [0.29, 0.717) is 6.61 Å². The highest BCUT2D eigenvalue weighted by molar-refractivity contribution is 5.81. The van der Waals surface area contributed by atoms with Crippen molar-refractivity contribution in [2.75, 3.05) is 38.8 Å². The van der Waals surface area contributed by atoms with Gasteiger partial charge in [0, 0.05) is 43.1 Å². The number of pyridine rings is 1. The maximum Gasteiger partial charge on any atom is 0.339 e. The number of hydrogen-bond donors (Lipinski definition) is 1. The molecule has 0 amide bonds. The quantitative estimate of drug-likeness (QED) is 0.184. The number of nitrogens with zero attached hydrogens (tertiary/aromatic N) is 3. The van der Waals surface area contributed by atoms with Gasteiger partial charge in [-0.15, -0.1) is 6.58 Å². The zero-order chi connectivity index (χ0) is 30.0. The van der Waals surface area contributed by atoms with Crippen LogP contribution in [0.4, 0.5) is 5.82 Å². The second kappa shape index (κ2) is 12.0. The first-order valence-corrected chi connectivity index (χ1v) is 14.2. The summed E-state index contributed by atoms with van der Waals surface area (Å²) in [6.45, 7) is 11.9. The van der Waals surface area contributed by atoms with Crippen molar-refractivity contribution in [3.8, 4) is 28.1 Å². The van der Waals surface area contributed by atoms with Gasteiger partial charge in [0.15, 0.2) is 6.10 Å². The van der Waals surface area contributed by atoms with Gasteiger partial charge >= 0.3 is 5.97 Å². The molecule has 2 aromatic heterocycles. The van der Waals surface area contributed by atoms with E-state index in [-0.39, 0.29) is 11.4 Å². The molecule has 1 atom stereocenters. The van der Waals surface area contributed by atoms with Crippen molar-refractivity contribution in [1.29, 1.82) is 0 Å². The van der Waals surface area contributed by atoms with E-state index < -0.39 is 12.1 Å². The molecule has 8 nitrogen and oxygen atoms in total. The molecule has 5 rings (SSSR count). The standard InChI is InChI=1S/C34H39N3O5/c1-7-17-42-34(4)13-15-36(16-14-34)32-30(31(40-5)33(39)41-6)23(3)19-29-35-27(21-37(29)32)25-10-8-9-24(20-25)26-18-22(2)11-12-28(26)38/h7-12,18-21,31,38H,1,13-17H2,2-6H3. The molecule has 2 aromatic carbocycles. The molecular formula is C34H39N3O5. The molecule has 42 heavy (non-hydrogen) atoms. The van der Waals surface area contributed by atoms with E-state index in [4.69, 9.17) is 19.2 Å². The molecule has 1 N–H and O–H groups in total. The molecule has 3 heterocycles. The number of fused-ring (bicyclic) bond motifs is 1. The van der Waals surface area contributed by atoms with Gasteiger partial charge in [-0.3, -0.25) is 4.40 Å². The first-order valence-electron chi connectivity index (χ1n) is 14.2. The molecule has 1 aliphatic heterocycles. The lowest BCUT2D eigenvalue weighted by Crippen LogP contribution is -2.45. The number of hydrogen-bond acceptors (Lipinski definition) is 7. The van der Waals surface area contributed by atoms with Gasteiger partial charge < -0.3 is 24.2 Å². The number of piperidine rings is 1. The minimum Gasteiger partial charge on any atom is -0.507 e. The lowest BCUT2D eigenvalue weighted by Gasteiger charge is -2.41. The number of aromatic nitrogens is 2. The molecule has 4 aromatic rings. The van der Waals surface area contributed by atoms with Crippen molar-refractivity contribution in [2.24, 2.45) is 0 Å². The number of phenolic OH excluding ortho intramolecular Hbond substituents is 1. The van der Waals surface area contributed by atoms with Gasteiger partial charge in [-0.25, -0.2) is 9.78 Å². The molecule has 8 heteroatoms. The largest absolute Gasteiger partial charge is 0.507 e. The summed E-state index contributed by atoms with van der Waals surface area (Å²) in [6, 6.07) is 15.6. The van der Waals surface area contributed by atoms with Crippen LogP contribution in [0.25, 0.3) is 28.0 Å². The molecule has 0 radical (unpaired) electrons. The third-order valence-corrected chi connectivity index (χ3v) is 8.18. The molecule has 0 bridgehead atoms. The van der Waals surface area contributed by atoms with Crippen LogP contribution in [0.1, 0.15) is 42.6 Å². The van der Waals surface area contributed by atoms with E-state index in [1.807, 2.05) is 62.5 Å². The highest BCUT2D eigenvalue weighted by Gasteiger charge is 2.35. The highest BCUT2D eigenvalue weighted by Crippen LogP contribution is 2.39. The number of phenols is 1. The second-order valence-electron chi connectivity index (χ2n) is 11.2. The third kappa shape index (κ3) is 5.65. The topological polar surface area (TPSA) is 85.5 Å². The van der Waals surface area contributed by atoms with Crippen molar-refractivity contribution < 1.29 is 24.1 Å². The van der Waals surface area contributed by atoms with E-state index in [2.05, 4.69) is 22.8 Å². The first kappa shape index (κ1) is 29.4. The Morgan fingerprint density at radius 2 is 1.86 bits per heavy atom. The van der Waals surface area contributed by atoms with E-state index in [9.17, 15) is 9.90 Å². The molecule has 220 valence electrons. The van der Waals surface area contributed by atoms with Gasteiger partial charge in [0.2, 0.25) is 0 Å². The monoisotopic (exact) mass is 569 g/mol. The smallest absolute Gasteiger partial charge is 0.339 e. The van der Waals surface area contributed by atoms with Gasteiger partial charge in [0.1, 0.15) is 17.2 Å². The number of carbonyl (C=O) groups excluding carboxylic acids is 1. The number of aryl methyl sites for hydroxylation is 2. The number of carbonyl (C=O) groups is 1. The summed E-state index contributed by atoms with van der Waals surface area (Å²) in [4.78, 5) is 20.2. The predicted molar refractivity (Wildman–Crippen MR) is 165 cm³/mol. The fraction of sp³-hybridized carbons (Fsp3) is 0.353. The van der Waals surface area contributed by atoms with E-state index in [0.717, 1.165) is 76.5 Å². The number of anilines is 1. The zero-order valence-corrected chi connectivity index (χ0v) is 25.0. The summed E-state index contributed by atoms with van der Waals surface area (Å²) < 4.78 is 19.0. The lowest BCUT2D eigenvalue weighted by atomic mass is 9.92. The Hall–Kier alpha value is -4.14. The Kier molecular flexibility index (Phi) is 8.38. The summed E-state index contributed by atoms with van der Waals surface area (Å²) in [5, 5.41) is 10.5. The Morgan fingerprint density at radius 1 is 1.12 bits per heavy atom. The maximum absolute atomic E-state index is 12.9. The molecule has 0 saturated carbocycles. The molecule has 0 aliphatic carbocycles. The summed E-state index contributed by atoms with van der Waals surface area (Å²) in [7, 11) is 2.90. The minimum atomic E-state index is -0.891. The Bertz CT molecular complexity index is 1620. The Labute approximate surface area is 247 Å². The van der Waals surface area contributed by atoms with Crippen LogP contribution in [-0.2, 0) is 19.0 Å². The van der Waals surface area contributed by atoms with Crippen molar-refractivity contribution >= 4 is 17.4 Å².